The van der Waals surface area contributed by atoms with Crippen molar-refractivity contribution < 1.29 is 14.3 Å². The quantitative estimate of drug-likeness (QED) is 0.454. The van der Waals surface area contributed by atoms with Gasteiger partial charge in [0.2, 0.25) is 0 Å². The van der Waals surface area contributed by atoms with Gasteiger partial charge < -0.3 is 9.47 Å². The smallest absolute Gasteiger partial charge is 0.335 e. The van der Waals surface area contributed by atoms with Crippen LogP contribution in [0.1, 0.15) is 26.2 Å². The molecular weight excluding hydrogens is 283 g/mol. The molecule has 0 N–H and O–H groups in total. The number of halogens is 1. The molecule has 1 rings (SSSR count). The number of alkyl halides is 1. The van der Waals surface area contributed by atoms with Gasteiger partial charge in [0, 0.05) is 4.43 Å². The van der Waals surface area contributed by atoms with Gasteiger partial charge in [-0.1, -0.05) is 22.6 Å². The SMILES string of the molecule is CCOC(=O)[C@@H]1CCC[C@@H](CI)O1. The average Bonchev–Trinajstić information content (AvgIpc) is 2.18. The second-order valence-electron chi connectivity index (χ2n) is 3.08. The summed E-state index contributed by atoms with van der Waals surface area (Å²) in [6, 6.07) is 0. The first-order valence-corrected chi connectivity index (χ1v) is 6.18. The highest BCUT2D eigenvalue weighted by Gasteiger charge is 2.27. The van der Waals surface area contributed by atoms with Crippen molar-refractivity contribution in [2.75, 3.05) is 11.0 Å². The number of rotatable bonds is 3. The van der Waals surface area contributed by atoms with Crippen LogP contribution in [-0.2, 0) is 14.3 Å². The summed E-state index contributed by atoms with van der Waals surface area (Å²) in [5, 5.41) is 0. The van der Waals surface area contributed by atoms with Gasteiger partial charge in [0.1, 0.15) is 0 Å². The van der Waals surface area contributed by atoms with Crippen molar-refractivity contribution in [1.29, 1.82) is 0 Å². The van der Waals surface area contributed by atoms with Crippen molar-refractivity contribution in [1.82, 2.24) is 0 Å². The van der Waals surface area contributed by atoms with Gasteiger partial charge in [0.25, 0.3) is 0 Å². The number of ether oxygens (including phenoxy) is 2. The molecule has 0 aliphatic carbocycles. The van der Waals surface area contributed by atoms with E-state index in [9.17, 15) is 4.79 Å². The first kappa shape index (κ1) is 11.2. The average molecular weight is 298 g/mol. The van der Waals surface area contributed by atoms with Crippen LogP contribution in [0.4, 0.5) is 0 Å². The summed E-state index contributed by atoms with van der Waals surface area (Å²) in [6.07, 6.45) is 2.87. The van der Waals surface area contributed by atoms with Crippen LogP contribution >= 0.6 is 22.6 Å². The fourth-order valence-electron chi connectivity index (χ4n) is 1.42. The highest BCUT2D eigenvalue weighted by molar-refractivity contribution is 14.1. The van der Waals surface area contributed by atoms with Gasteiger partial charge >= 0.3 is 5.97 Å². The van der Waals surface area contributed by atoms with E-state index in [2.05, 4.69) is 22.6 Å². The predicted octanol–water partition coefficient (Wildman–Crippen LogP) is 1.92. The van der Waals surface area contributed by atoms with Crippen LogP contribution in [0.5, 0.6) is 0 Å². The van der Waals surface area contributed by atoms with Gasteiger partial charge in [-0.3, -0.25) is 0 Å². The molecule has 0 spiro atoms. The van der Waals surface area contributed by atoms with Crippen LogP contribution in [0.3, 0.4) is 0 Å². The number of hydrogen-bond donors (Lipinski definition) is 0. The Kier molecular flexibility index (Phi) is 5.01. The molecule has 1 aliphatic rings. The van der Waals surface area contributed by atoms with Gasteiger partial charge in [-0.25, -0.2) is 4.79 Å². The third kappa shape index (κ3) is 3.42. The van der Waals surface area contributed by atoms with Crippen molar-refractivity contribution in [2.45, 2.75) is 38.4 Å². The van der Waals surface area contributed by atoms with E-state index in [-0.39, 0.29) is 18.2 Å². The molecule has 0 aromatic heterocycles. The molecule has 0 amide bonds. The Labute approximate surface area is 92.3 Å². The molecule has 0 radical (unpaired) electrons. The zero-order valence-corrected chi connectivity index (χ0v) is 9.95. The third-order valence-electron chi connectivity index (χ3n) is 2.07. The highest BCUT2D eigenvalue weighted by Crippen LogP contribution is 2.21. The lowest BCUT2D eigenvalue weighted by atomic mass is 10.1. The maximum Gasteiger partial charge on any atom is 0.335 e. The van der Waals surface area contributed by atoms with Crippen molar-refractivity contribution in [3.63, 3.8) is 0 Å². The monoisotopic (exact) mass is 298 g/mol. The summed E-state index contributed by atoms with van der Waals surface area (Å²) < 4.78 is 11.4. The molecule has 0 saturated carbocycles. The molecule has 3 nitrogen and oxygen atoms in total. The molecule has 1 heterocycles. The summed E-state index contributed by atoms with van der Waals surface area (Å²) in [5.41, 5.74) is 0. The fraction of sp³-hybridized carbons (Fsp3) is 0.889. The number of carbonyl (C=O) groups excluding carboxylic acids is 1. The molecule has 13 heavy (non-hydrogen) atoms. The van der Waals surface area contributed by atoms with Crippen LogP contribution in [0, 0.1) is 0 Å². The molecule has 1 saturated heterocycles. The molecular formula is C9H15IO3. The van der Waals surface area contributed by atoms with Gasteiger partial charge in [-0.15, -0.1) is 0 Å². The van der Waals surface area contributed by atoms with E-state index in [0.29, 0.717) is 6.61 Å². The molecule has 1 fully saturated rings. The maximum absolute atomic E-state index is 11.3. The molecule has 0 unspecified atom stereocenters. The molecule has 0 bridgehead atoms. The van der Waals surface area contributed by atoms with Crippen LogP contribution in [0.2, 0.25) is 0 Å². The lowest BCUT2D eigenvalue weighted by Crippen LogP contribution is -2.35. The Morgan fingerprint density at radius 1 is 1.62 bits per heavy atom. The van der Waals surface area contributed by atoms with Crippen molar-refractivity contribution in [3.8, 4) is 0 Å². The first-order chi connectivity index (χ1) is 6.27. The molecule has 0 aromatic carbocycles. The Hall–Kier alpha value is 0.160. The van der Waals surface area contributed by atoms with Gasteiger partial charge in [0.15, 0.2) is 6.10 Å². The summed E-state index contributed by atoms with van der Waals surface area (Å²) in [7, 11) is 0. The van der Waals surface area contributed by atoms with Gasteiger partial charge in [-0.2, -0.15) is 0 Å². The molecule has 4 heteroatoms. The van der Waals surface area contributed by atoms with E-state index in [0.717, 1.165) is 23.7 Å². The standard InChI is InChI=1S/C9H15IO3/c1-2-12-9(11)8-5-3-4-7(6-10)13-8/h7-8H,2-6H2,1H3/t7-,8-/m0/s1. The maximum atomic E-state index is 11.3. The van der Waals surface area contributed by atoms with Crippen LogP contribution < -0.4 is 0 Å². The van der Waals surface area contributed by atoms with E-state index >= 15 is 0 Å². The van der Waals surface area contributed by atoms with Crippen LogP contribution in [0.25, 0.3) is 0 Å². The minimum absolute atomic E-state index is 0.197. The lowest BCUT2D eigenvalue weighted by Gasteiger charge is -2.27. The first-order valence-electron chi connectivity index (χ1n) is 4.66. The Morgan fingerprint density at radius 2 is 2.38 bits per heavy atom. The number of hydrogen-bond acceptors (Lipinski definition) is 3. The summed E-state index contributed by atoms with van der Waals surface area (Å²) in [5.74, 6) is -0.197. The number of carbonyl (C=O) groups is 1. The van der Waals surface area contributed by atoms with Gasteiger partial charge in [-0.05, 0) is 26.2 Å². The van der Waals surface area contributed by atoms with E-state index in [1.165, 1.54) is 0 Å². The van der Waals surface area contributed by atoms with E-state index in [1.54, 1.807) is 0 Å². The predicted molar refractivity (Wildman–Crippen MR) is 58.0 cm³/mol. The topological polar surface area (TPSA) is 35.5 Å². The van der Waals surface area contributed by atoms with Gasteiger partial charge in [0.05, 0.1) is 12.7 Å². The third-order valence-corrected chi connectivity index (χ3v) is 3.05. The Bertz CT molecular complexity index is 172. The fourth-order valence-corrected chi connectivity index (χ4v) is 2.07. The minimum Gasteiger partial charge on any atom is -0.464 e. The van der Waals surface area contributed by atoms with Crippen LogP contribution in [0.15, 0.2) is 0 Å². The normalized spacial score (nSPS) is 28.5. The largest absolute Gasteiger partial charge is 0.464 e. The molecule has 76 valence electrons. The van der Waals surface area contributed by atoms with Crippen LogP contribution in [-0.4, -0.2) is 29.2 Å². The second-order valence-corrected chi connectivity index (χ2v) is 3.96. The zero-order chi connectivity index (χ0) is 9.68. The Balaban J connectivity index is 2.37. The van der Waals surface area contributed by atoms with Crippen molar-refractivity contribution >= 4 is 28.6 Å². The molecule has 2 atom stereocenters. The highest BCUT2D eigenvalue weighted by atomic mass is 127. The van der Waals surface area contributed by atoms with E-state index in [4.69, 9.17) is 9.47 Å². The minimum atomic E-state index is -0.312. The summed E-state index contributed by atoms with van der Waals surface area (Å²) in [4.78, 5) is 11.3. The van der Waals surface area contributed by atoms with E-state index < -0.39 is 0 Å². The van der Waals surface area contributed by atoms with Crippen molar-refractivity contribution in [2.24, 2.45) is 0 Å². The second kappa shape index (κ2) is 5.80. The summed E-state index contributed by atoms with van der Waals surface area (Å²) in [6.45, 7) is 2.25. The Morgan fingerprint density at radius 3 is 3.00 bits per heavy atom. The lowest BCUT2D eigenvalue weighted by molar-refractivity contribution is -0.163. The summed E-state index contributed by atoms with van der Waals surface area (Å²) >= 11 is 2.28. The number of esters is 1. The molecule has 0 aromatic rings. The van der Waals surface area contributed by atoms with E-state index in [1.807, 2.05) is 6.92 Å². The van der Waals surface area contributed by atoms with Crippen molar-refractivity contribution in [3.05, 3.63) is 0 Å². The zero-order valence-electron chi connectivity index (χ0n) is 7.79. The molecule has 1 aliphatic heterocycles.